The van der Waals surface area contributed by atoms with E-state index in [1.807, 2.05) is 6.07 Å². The summed E-state index contributed by atoms with van der Waals surface area (Å²) >= 11 is 0. The Hall–Kier alpha value is -3.22. The molecule has 1 heterocycles. The summed E-state index contributed by atoms with van der Waals surface area (Å²) in [4.78, 5) is 40.5. The number of nitrogens with one attached hydrogen (secondary N) is 2. The summed E-state index contributed by atoms with van der Waals surface area (Å²) in [5.41, 5.74) is 0.939. The number of fused-ring (bicyclic) bond motifs is 1. The van der Waals surface area contributed by atoms with Crippen LogP contribution >= 0.6 is 0 Å². The highest BCUT2D eigenvalue weighted by Gasteiger charge is 2.46. The van der Waals surface area contributed by atoms with Crippen molar-refractivity contribution in [3.8, 4) is 0 Å². The zero-order valence-electron chi connectivity index (χ0n) is 16.5. The maximum absolute atomic E-state index is 13.4. The smallest absolute Gasteiger partial charge is 0.254 e. The second kappa shape index (κ2) is 8.65. The highest BCUT2D eigenvalue weighted by Crippen LogP contribution is 2.31. The van der Waals surface area contributed by atoms with Crippen LogP contribution in [0.4, 0.5) is 10.1 Å². The Bertz CT molecular complexity index is 932. The molecule has 3 amide bonds. The Morgan fingerprint density at radius 2 is 1.73 bits per heavy atom. The van der Waals surface area contributed by atoms with Gasteiger partial charge in [0.05, 0.1) is 12.5 Å². The van der Waals surface area contributed by atoms with E-state index in [4.69, 9.17) is 0 Å². The maximum atomic E-state index is 13.4. The van der Waals surface area contributed by atoms with Crippen LogP contribution in [-0.4, -0.2) is 40.7 Å². The van der Waals surface area contributed by atoms with Gasteiger partial charge in [-0.15, -0.1) is 0 Å². The molecule has 0 radical (unpaired) electrons. The van der Waals surface area contributed by atoms with Gasteiger partial charge in [0.1, 0.15) is 11.9 Å². The van der Waals surface area contributed by atoms with Crippen LogP contribution in [0.1, 0.15) is 42.5 Å². The van der Waals surface area contributed by atoms with E-state index in [9.17, 15) is 18.8 Å². The highest BCUT2D eigenvalue weighted by atomic mass is 19.1. The van der Waals surface area contributed by atoms with E-state index < -0.39 is 11.9 Å². The zero-order valence-corrected chi connectivity index (χ0v) is 16.5. The molecule has 7 heteroatoms. The molecule has 2 aromatic carbocycles. The molecule has 3 atom stereocenters. The molecule has 1 saturated heterocycles. The molecule has 0 bridgehead atoms. The first-order chi connectivity index (χ1) is 14.5. The summed E-state index contributed by atoms with van der Waals surface area (Å²) in [6, 6.07) is 13.1. The van der Waals surface area contributed by atoms with Gasteiger partial charge in [0.2, 0.25) is 11.8 Å². The summed E-state index contributed by atoms with van der Waals surface area (Å²) in [7, 11) is 0. The molecular weight excluding hydrogens is 385 g/mol. The fourth-order valence-corrected chi connectivity index (χ4v) is 4.38. The van der Waals surface area contributed by atoms with Crippen LogP contribution in [0.15, 0.2) is 54.6 Å². The molecule has 2 aromatic rings. The van der Waals surface area contributed by atoms with Gasteiger partial charge in [-0.2, -0.15) is 0 Å². The second-order valence-corrected chi connectivity index (χ2v) is 7.82. The van der Waals surface area contributed by atoms with E-state index in [-0.39, 0.29) is 36.2 Å². The van der Waals surface area contributed by atoms with E-state index >= 15 is 0 Å². The number of anilines is 1. The Balaban J connectivity index is 1.60. The van der Waals surface area contributed by atoms with Crippen LogP contribution < -0.4 is 10.6 Å². The summed E-state index contributed by atoms with van der Waals surface area (Å²) in [5.74, 6) is -1.44. The van der Waals surface area contributed by atoms with Crippen LogP contribution in [0, 0.1) is 5.82 Å². The average molecular weight is 409 g/mol. The van der Waals surface area contributed by atoms with Gasteiger partial charge < -0.3 is 15.5 Å². The standard InChI is InChI=1S/C23H24FN3O3/c24-16-12-10-15(11-13-16)23(30)27-19-9-5-4-8-18(19)26-22(29)20(27)14-21(28)25-17-6-2-1-3-7-17/h1-3,6-7,10-13,18-20H,4-5,8-9,14H2,(H,25,28)(H,26,29)/t18-,19+,20+/m1/s1. The van der Waals surface area contributed by atoms with Crippen molar-refractivity contribution in [2.75, 3.05) is 5.32 Å². The molecule has 1 aliphatic carbocycles. The van der Waals surface area contributed by atoms with Gasteiger partial charge in [-0.05, 0) is 49.2 Å². The van der Waals surface area contributed by atoms with Crippen LogP contribution in [-0.2, 0) is 9.59 Å². The van der Waals surface area contributed by atoms with Crippen LogP contribution in [0.3, 0.4) is 0 Å². The molecule has 2 aliphatic rings. The summed E-state index contributed by atoms with van der Waals surface area (Å²) < 4.78 is 13.3. The van der Waals surface area contributed by atoms with Gasteiger partial charge in [-0.1, -0.05) is 31.0 Å². The minimum absolute atomic E-state index is 0.121. The molecule has 1 saturated carbocycles. The Kier molecular flexibility index (Phi) is 5.79. The number of rotatable bonds is 4. The van der Waals surface area contributed by atoms with E-state index in [2.05, 4.69) is 10.6 Å². The average Bonchev–Trinajstić information content (AvgIpc) is 2.75. The lowest BCUT2D eigenvalue weighted by molar-refractivity contribution is -0.135. The third-order valence-electron chi connectivity index (χ3n) is 5.81. The van der Waals surface area contributed by atoms with Crippen molar-refractivity contribution < 1.29 is 18.8 Å². The van der Waals surface area contributed by atoms with E-state index in [1.54, 1.807) is 29.2 Å². The highest BCUT2D eigenvalue weighted by molar-refractivity contribution is 6.01. The fraction of sp³-hybridized carbons (Fsp3) is 0.348. The number of carbonyl (C=O) groups is 3. The lowest BCUT2D eigenvalue weighted by Crippen LogP contribution is -2.68. The fourth-order valence-electron chi connectivity index (χ4n) is 4.38. The minimum Gasteiger partial charge on any atom is -0.349 e. The van der Waals surface area contributed by atoms with Gasteiger partial charge in [0, 0.05) is 17.3 Å². The lowest BCUT2D eigenvalue weighted by atomic mass is 9.84. The van der Waals surface area contributed by atoms with Crippen LogP contribution in [0.2, 0.25) is 0 Å². The third-order valence-corrected chi connectivity index (χ3v) is 5.81. The van der Waals surface area contributed by atoms with Crippen LogP contribution in [0.5, 0.6) is 0 Å². The van der Waals surface area contributed by atoms with Crippen molar-refractivity contribution in [2.24, 2.45) is 0 Å². The number of amides is 3. The second-order valence-electron chi connectivity index (χ2n) is 7.82. The molecule has 0 spiro atoms. The van der Waals surface area contributed by atoms with E-state index in [0.29, 0.717) is 11.3 Å². The molecular formula is C23H24FN3O3. The summed E-state index contributed by atoms with van der Waals surface area (Å²) in [6.45, 7) is 0. The van der Waals surface area contributed by atoms with Crippen molar-refractivity contribution in [1.82, 2.24) is 10.2 Å². The van der Waals surface area contributed by atoms with Gasteiger partial charge >= 0.3 is 0 Å². The summed E-state index contributed by atoms with van der Waals surface area (Å²) in [6.07, 6.45) is 3.35. The van der Waals surface area contributed by atoms with E-state index in [0.717, 1.165) is 25.7 Å². The zero-order chi connectivity index (χ0) is 21.1. The predicted octanol–water partition coefficient (Wildman–Crippen LogP) is 3.11. The first-order valence-electron chi connectivity index (χ1n) is 10.3. The van der Waals surface area contributed by atoms with Crippen molar-refractivity contribution in [2.45, 2.75) is 50.2 Å². The van der Waals surface area contributed by atoms with Gasteiger partial charge in [0.15, 0.2) is 0 Å². The van der Waals surface area contributed by atoms with Crippen LogP contribution in [0.25, 0.3) is 0 Å². The molecule has 156 valence electrons. The molecule has 2 N–H and O–H groups in total. The largest absolute Gasteiger partial charge is 0.349 e. The third kappa shape index (κ3) is 4.20. The number of carbonyl (C=O) groups excluding carboxylic acids is 3. The van der Waals surface area contributed by atoms with Gasteiger partial charge in [-0.3, -0.25) is 14.4 Å². The predicted molar refractivity (Wildman–Crippen MR) is 110 cm³/mol. The number of piperazine rings is 1. The number of halogens is 1. The minimum atomic E-state index is -0.911. The van der Waals surface area contributed by atoms with Crippen molar-refractivity contribution >= 4 is 23.4 Å². The van der Waals surface area contributed by atoms with Crippen molar-refractivity contribution in [3.63, 3.8) is 0 Å². The maximum Gasteiger partial charge on any atom is 0.254 e. The normalized spacial score (nSPS) is 23.3. The van der Waals surface area contributed by atoms with Crippen molar-refractivity contribution in [1.29, 1.82) is 0 Å². The Morgan fingerprint density at radius 3 is 2.47 bits per heavy atom. The first-order valence-corrected chi connectivity index (χ1v) is 10.3. The van der Waals surface area contributed by atoms with Gasteiger partial charge in [0.25, 0.3) is 5.91 Å². The number of hydrogen-bond donors (Lipinski definition) is 2. The quantitative estimate of drug-likeness (QED) is 0.815. The topological polar surface area (TPSA) is 78.5 Å². The SMILES string of the molecule is O=C(C[C@H]1C(=O)N[C@@H]2CCCC[C@@H]2N1C(=O)c1ccc(F)cc1)Nc1ccccc1. The molecule has 0 aromatic heterocycles. The Labute approximate surface area is 174 Å². The molecule has 6 nitrogen and oxygen atoms in total. The Morgan fingerprint density at radius 1 is 1.03 bits per heavy atom. The van der Waals surface area contributed by atoms with Gasteiger partial charge in [-0.25, -0.2) is 4.39 Å². The number of para-hydroxylation sites is 1. The first kappa shape index (κ1) is 20.1. The number of hydrogen-bond acceptors (Lipinski definition) is 3. The molecule has 4 rings (SSSR count). The molecule has 1 aliphatic heterocycles. The number of nitrogens with zero attached hydrogens (tertiary/aromatic N) is 1. The van der Waals surface area contributed by atoms with E-state index in [1.165, 1.54) is 24.3 Å². The number of benzene rings is 2. The molecule has 0 unspecified atom stereocenters. The summed E-state index contributed by atoms with van der Waals surface area (Å²) in [5, 5.41) is 5.79. The molecule has 30 heavy (non-hydrogen) atoms. The molecule has 2 fully saturated rings. The lowest BCUT2D eigenvalue weighted by Gasteiger charge is -2.48. The van der Waals surface area contributed by atoms with Crippen molar-refractivity contribution in [3.05, 3.63) is 66.0 Å². The monoisotopic (exact) mass is 409 g/mol.